The summed E-state index contributed by atoms with van der Waals surface area (Å²) in [6, 6.07) is 27.5. The van der Waals surface area contributed by atoms with Gasteiger partial charge in [-0.1, -0.05) is 48.5 Å². The molecule has 6 rings (SSSR count). The molecule has 2 atom stereocenters. The highest BCUT2D eigenvalue weighted by molar-refractivity contribution is 6.05. The van der Waals surface area contributed by atoms with Crippen molar-refractivity contribution in [3.63, 3.8) is 0 Å². The topological polar surface area (TPSA) is 152 Å². The minimum atomic E-state index is -1.04. The zero-order valence-electron chi connectivity index (χ0n) is 30.4. The molecule has 282 valence electrons. The Bertz CT molecular complexity index is 2400. The van der Waals surface area contributed by atoms with Crippen LogP contribution in [-0.4, -0.2) is 51.6 Å². The summed E-state index contributed by atoms with van der Waals surface area (Å²) in [5.74, 6) is -1.37. The van der Waals surface area contributed by atoms with Gasteiger partial charge in [0.05, 0.1) is 30.6 Å². The number of ether oxygens (including phenoxy) is 4. The first-order valence-corrected chi connectivity index (χ1v) is 17.3. The number of para-hydroxylation sites is 1. The lowest BCUT2D eigenvalue weighted by molar-refractivity contribution is -0.151. The molecule has 13 nitrogen and oxygen atoms in total. The van der Waals surface area contributed by atoms with Crippen molar-refractivity contribution in [1.82, 2.24) is 19.7 Å². The van der Waals surface area contributed by atoms with Gasteiger partial charge in [0.25, 0.3) is 11.5 Å². The Morgan fingerprint density at radius 1 is 0.891 bits per heavy atom. The van der Waals surface area contributed by atoms with Crippen LogP contribution >= 0.6 is 0 Å². The Morgan fingerprint density at radius 2 is 1.62 bits per heavy atom. The molecule has 0 aliphatic heterocycles. The lowest BCUT2D eigenvalue weighted by Crippen LogP contribution is -2.41. The normalized spacial score (nSPS) is 12.0. The van der Waals surface area contributed by atoms with Crippen LogP contribution in [0.25, 0.3) is 16.6 Å². The number of carbonyl (C=O) groups excluding carboxylic acids is 3. The minimum absolute atomic E-state index is 0.0277. The Balaban J connectivity index is 1.16. The van der Waals surface area contributed by atoms with Crippen LogP contribution in [0, 0.1) is 12.7 Å². The second-order valence-electron chi connectivity index (χ2n) is 12.6. The number of anilines is 1. The number of amides is 2. The molecule has 0 radical (unpaired) electrons. The van der Waals surface area contributed by atoms with Gasteiger partial charge < -0.3 is 29.6 Å². The Morgan fingerprint density at radius 3 is 2.33 bits per heavy atom. The van der Waals surface area contributed by atoms with Crippen molar-refractivity contribution in [3.8, 4) is 22.9 Å². The van der Waals surface area contributed by atoms with E-state index < -0.39 is 41.5 Å². The fraction of sp³-hybridized carbons (Fsp3) is 0.195. The molecular formula is C41H38FN5O8. The first-order valence-electron chi connectivity index (χ1n) is 17.3. The van der Waals surface area contributed by atoms with E-state index in [-0.39, 0.29) is 35.8 Å². The molecule has 14 heteroatoms. The van der Waals surface area contributed by atoms with Crippen LogP contribution in [0.15, 0.2) is 114 Å². The van der Waals surface area contributed by atoms with E-state index in [1.807, 2.05) is 18.2 Å². The Kier molecular flexibility index (Phi) is 11.5. The third kappa shape index (κ3) is 8.82. The molecule has 55 heavy (non-hydrogen) atoms. The Hall–Kier alpha value is -6.96. The van der Waals surface area contributed by atoms with E-state index in [9.17, 15) is 19.2 Å². The molecule has 4 aromatic carbocycles. The van der Waals surface area contributed by atoms with E-state index in [0.717, 1.165) is 11.6 Å². The van der Waals surface area contributed by atoms with Crippen molar-refractivity contribution in [2.75, 3.05) is 12.4 Å². The predicted molar refractivity (Wildman–Crippen MR) is 202 cm³/mol. The van der Waals surface area contributed by atoms with E-state index in [2.05, 4.69) is 15.6 Å². The number of pyridine rings is 1. The van der Waals surface area contributed by atoms with Crippen LogP contribution in [0.1, 0.15) is 35.5 Å². The molecular weight excluding hydrogens is 709 g/mol. The quantitative estimate of drug-likeness (QED) is 0.120. The number of carbonyl (C=O) groups is 3. The van der Waals surface area contributed by atoms with E-state index >= 15 is 4.39 Å². The highest BCUT2D eigenvalue weighted by Crippen LogP contribution is 2.33. The minimum Gasteiger partial charge on any atom is -0.497 e. The lowest BCUT2D eigenvalue weighted by atomic mass is 10.2. The fourth-order valence-corrected chi connectivity index (χ4v) is 5.83. The van der Waals surface area contributed by atoms with E-state index in [1.54, 1.807) is 87.7 Å². The number of benzene rings is 4. The third-order valence-corrected chi connectivity index (χ3v) is 8.59. The molecule has 6 aromatic rings. The van der Waals surface area contributed by atoms with Gasteiger partial charge in [-0.25, -0.2) is 18.7 Å². The number of fused-ring (bicyclic) bond motifs is 1. The highest BCUT2D eigenvalue weighted by Gasteiger charge is 2.27. The summed E-state index contributed by atoms with van der Waals surface area (Å²) in [4.78, 5) is 57.2. The molecule has 1 unspecified atom stereocenters. The zero-order chi connectivity index (χ0) is 39.1. The first-order chi connectivity index (χ1) is 26.5. The molecule has 0 bridgehead atoms. The van der Waals surface area contributed by atoms with Crippen LogP contribution in [0.3, 0.4) is 0 Å². The van der Waals surface area contributed by atoms with E-state index in [1.165, 1.54) is 34.6 Å². The number of methoxy groups -OCH3 is 1. The van der Waals surface area contributed by atoms with Gasteiger partial charge in [0.2, 0.25) is 0 Å². The second-order valence-corrected chi connectivity index (χ2v) is 12.6. The van der Waals surface area contributed by atoms with Gasteiger partial charge in [-0.15, -0.1) is 0 Å². The summed E-state index contributed by atoms with van der Waals surface area (Å²) in [6.45, 7) is 4.66. The molecule has 0 saturated carbocycles. The monoisotopic (exact) mass is 747 g/mol. The summed E-state index contributed by atoms with van der Waals surface area (Å²) in [5, 5.41) is 5.72. The molecule has 2 heterocycles. The molecule has 0 spiro atoms. The molecule has 2 aromatic heterocycles. The average molecular weight is 748 g/mol. The number of nitrogens with zero attached hydrogens (tertiary/aromatic N) is 3. The molecule has 2 N–H and O–H groups in total. The van der Waals surface area contributed by atoms with Gasteiger partial charge in [0, 0.05) is 29.4 Å². The van der Waals surface area contributed by atoms with Gasteiger partial charge in [-0.2, -0.15) is 0 Å². The standard InChI is InChI=1S/C41H38FN5O8/c1-25(54-40(50)26(2)44-41(51)53-24-28-11-7-5-8-12-28)23-46-27(3)37(39(49)47(46)30-13-9-6-10-14-30)38(48)45-29-15-18-36(33(42)21-29)55-35-19-20-43-34-22-31(52-4)16-17-32(34)35/h5-22,25-26H,23-24H2,1-4H3,(H,44,51)(H,45,48)/t25-,26?/m0/s1. The summed E-state index contributed by atoms with van der Waals surface area (Å²) in [5.41, 5.74) is 1.36. The van der Waals surface area contributed by atoms with Crippen molar-refractivity contribution >= 4 is 34.6 Å². The summed E-state index contributed by atoms with van der Waals surface area (Å²) >= 11 is 0. The van der Waals surface area contributed by atoms with Gasteiger partial charge in [-0.05, 0) is 68.8 Å². The van der Waals surface area contributed by atoms with Crippen molar-refractivity contribution in [3.05, 3.63) is 142 Å². The maximum absolute atomic E-state index is 15.4. The van der Waals surface area contributed by atoms with Gasteiger partial charge in [0.15, 0.2) is 11.6 Å². The lowest BCUT2D eigenvalue weighted by Gasteiger charge is -2.21. The highest BCUT2D eigenvalue weighted by atomic mass is 19.1. The van der Waals surface area contributed by atoms with Crippen LogP contribution in [-0.2, 0) is 27.4 Å². The number of hydrogen-bond acceptors (Lipinski definition) is 9. The number of halogens is 1. The van der Waals surface area contributed by atoms with Crippen LogP contribution < -0.4 is 25.7 Å². The summed E-state index contributed by atoms with van der Waals surface area (Å²) in [6.07, 6.45) is -0.0634. The van der Waals surface area contributed by atoms with Crippen LogP contribution in [0.4, 0.5) is 14.9 Å². The predicted octanol–water partition coefficient (Wildman–Crippen LogP) is 6.93. The number of aromatic nitrogens is 3. The van der Waals surface area contributed by atoms with Gasteiger partial charge in [0.1, 0.15) is 35.8 Å². The number of alkyl carbamates (subject to hydrolysis) is 1. The maximum Gasteiger partial charge on any atom is 0.408 e. The fourth-order valence-electron chi connectivity index (χ4n) is 5.83. The first kappa shape index (κ1) is 37.8. The number of rotatable bonds is 13. The molecule has 0 aliphatic rings. The SMILES string of the molecule is COc1ccc2c(Oc3ccc(NC(=O)c4c(C)n(C[C@H](C)OC(=O)C(C)NC(=O)OCc5ccccc5)n(-c5ccccc5)c4=O)cc3F)ccnc2c1. The number of esters is 1. The van der Waals surface area contributed by atoms with Gasteiger partial charge >= 0.3 is 12.1 Å². The average Bonchev–Trinajstić information content (AvgIpc) is 3.43. The second kappa shape index (κ2) is 16.8. The molecule has 0 aliphatic carbocycles. The number of hydrogen-bond donors (Lipinski definition) is 2. The van der Waals surface area contributed by atoms with E-state index in [0.29, 0.717) is 28.1 Å². The third-order valence-electron chi connectivity index (χ3n) is 8.59. The van der Waals surface area contributed by atoms with Crippen molar-refractivity contribution in [2.45, 2.75) is 46.1 Å². The number of nitrogens with one attached hydrogen (secondary N) is 2. The smallest absolute Gasteiger partial charge is 0.408 e. The maximum atomic E-state index is 15.4. The Labute approximate surface area is 315 Å². The molecule has 0 saturated heterocycles. The van der Waals surface area contributed by atoms with Crippen LogP contribution in [0.2, 0.25) is 0 Å². The molecule has 2 amide bonds. The van der Waals surface area contributed by atoms with Crippen molar-refractivity contribution in [2.24, 2.45) is 0 Å². The van der Waals surface area contributed by atoms with Crippen molar-refractivity contribution < 1.29 is 37.7 Å². The van der Waals surface area contributed by atoms with Crippen LogP contribution in [0.5, 0.6) is 17.2 Å². The molecule has 0 fully saturated rings. The zero-order valence-corrected chi connectivity index (χ0v) is 30.4. The summed E-state index contributed by atoms with van der Waals surface area (Å²) < 4.78 is 40.2. The summed E-state index contributed by atoms with van der Waals surface area (Å²) in [7, 11) is 1.55. The van der Waals surface area contributed by atoms with Gasteiger partial charge in [-0.3, -0.25) is 19.3 Å². The van der Waals surface area contributed by atoms with Crippen molar-refractivity contribution in [1.29, 1.82) is 0 Å². The largest absolute Gasteiger partial charge is 0.497 e. The van der Waals surface area contributed by atoms with E-state index in [4.69, 9.17) is 18.9 Å².